The lowest BCUT2D eigenvalue weighted by atomic mass is 10.2. The van der Waals surface area contributed by atoms with Crippen LogP contribution in [0.3, 0.4) is 0 Å². The van der Waals surface area contributed by atoms with Crippen LogP contribution in [0, 0.1) is 14.9 Å². The fourth-order valence-electron chi connectivity index (χ4n) is 1.42. The molecule has 18 heavy (non-hydrogen) atoms. The minimum Gasteiger partial charge on any atom is -0.354 e. The lowest BCUT2D eigenvalue weighted by Gasteiger charge is -2.11. The molecule has 2 aromatic rings. The van der Waals surface area contributed by atoms with Gasteiger partial charge in [0.25, 0.3) is 0 Å². The van der Waals surface area contributed by atoms with Crippen LogP contribution in [-0.2, 0) is 0 Å². The molecule has 2 nitrogen and oxygen atoms in total. The second-order valence-electron chi connectivity index (χ2n) is 3.56. The van der Waals surface area contributed by atoms with Crippen molar-refractivity contribution in [2.75, 3.05) is 5.32 Å². The van der Waals surface area contributed by atoms with E-state index in [-0.39, 0.29) is 0 Å². The van der Waals surface area contributed by atoms with Crippen LogP contribution in [0.15, 0.2) is 45.3 Å². The standard InChI is InChI=1S/C13H7Br2IN2/c14-9-2-3-11(16)13(6-9)18-12-4-1-8(7-17)5-10(12)15/h1-6,18H. The number of rotatable bonds is 2. The molecule has 1 N–H and O–H groups in total. The van der Waals surface area contributed by atoms with Gasteiger partial charge in [-0.2, -0.15) is 5.26 Å². The second-order valence-corrected chi connectivity index (χ2v) is 6.49. The third-order valence-corrected chi connectivity index (χ3v) is 4.39. The number of benzene rings is 2. The average Bonchev–Trinajstić information content (AvgIpc) is 2.36. The van der Waals surface area contributed by atoms with Crippen molar-refractivity contribution in [2.45, 2.75) is 0 Å². The summed E-state index contributed by atoms with van der Waals surface area (Å²) < 4.78 is 3.03. The Morgan fingerprint density at radius 2 is 1.83 bits per heavy atom. The van der Waals surface area contributed by atoms with E-state index in [0.29, 0.717) is 5.56 Å². The van der Waals surface area contributed by atoms with Crippen molar-refractivity contribution in [1.29, 1.82) is 5.26 Å². The van der Waals surface area contributed by atoms with Gasteiger partial charge in [-0.25, -0.2) is 0 Å². The van der Waals surface area contributed by atoms with Gasteiger partial charge < -0.3 is 5.32 Å². The molecule has 0 aromatic heterocycles. The van der Waals surface area contributed by atoms with Gasteiger partial charge in [0, 0.05) is 12.5 Å². The van der Waals surface area contributed by atoms with Crippen LogP contribution in [0.25, 0.3) is 0 Å². The summed E-state index contributed by atoms with van der Waals surface area (Å²) in [5.74, 6) is 0. The van der Waals surface area contributed by atoms with Gasteiger partial charge in [0.2, 0.25) is 0 Å². The molecule has 0 saturated heterocycles. The maximum Gasteiger partial charge on any atom is 0.0992 e. The number of nitrogens with zero attached hydrogens (tertiary/aromatic N) is 1. The molecule has 0 heterocycles. The van der Waals surface area contributed by atoms with E-state index in [2.05, 4.69) is 65.8 Å². The predicted octanol–water partition coefficient (Wildman–Crippen LogP) is 5.43. The Morgan fingerprint density at radius 1 is 1.06 bits per heavy atom. The van der Waals surface area contributed by atoms with E-state index in [0.717, 1.165) is 23.9 Å². The molecule has 0 unspecified atom stereocenters. The van der Waals surface area contributed by atoms with Crippen molar-refractivity contribution in [1.82, 2.24) is 0 Å². The van der Waals surface area contributed by atoms with Gasteiger partial charge in [-0.1, -0.05) is 15.9 Å². The first-order valence-electron chi connectivity index (χ1n) is 5.02. The van der Waals surface area contributed by atoms with Crippen molar-refractivity contribution >= 4 is 65.8 Å². The molecule has 0 bridgehead atoms. The van der Waals surface area contributed by atoms with E-state index in [4.69, 9.17) is 5.26 Å². The average molecular weight is 478 g/mol. The monoisotopic (exact) mass is 476 g/mol. The predicted molar refractivity (Wildman–Crippen MR) is 89.0 cm³/mol. The highest BCUT2D eigenvalue weighted by molar-refractivity contribution is 14.1. The Balaban J connectivity index is 2.34. The molecular formula is C13H7Br2IN2. The van der Waals surface area contributed by atoms with E-state index >= 15 is 0 Å². The fraction of sp³-hybridized carbons (Fsp3) is 0. The quantitative estimate of drug-likeness (QED) is 0.585. The summed E-state index contributed by atoms with van der Waals surface area (Å²) in [6, 6.07) is 13.6. The van der Waals surface area contributed by atoms with Gasteiger partial charge in [-0.05, 0) is 74.9 Å². The number of nitriles is 1. The van der Waals surface area contributed by atoms with Gasteiger partial charge in [0.15, 0.2) is 0 Å². The van der Waals surface area contributed by atoms with Crippen molar-refractivity contribution in [3.8, 4) is 6.07 Å². The van der Waals surface area contributed by atoms with Gasteiger partial charge in [0.05, 0.1) is 23.0 Å². The summed E-state index contributed by atoms with van der Waals surface area (Å²) in [6.07, 6.45) is 0. The zero-order valence-corrected chi connectivity index (χ0v) is 14.4. The minimum atomic E-state index is 0.636. The third-order valence-electron chi connectivity index (χ3n) is 2.30. The number of halogens is 3. The maximum atomic E-state index is 8.82. The van der Waals surface area contributed by atoms with E-state index < -0.39 is 0 Å². The Hall–Kier alpha value is -0.580. The van der Waals surface area contributed by atoms with Crippen molar-refractivity contribution < 1.29 is 0 Å². The second kappa shape index (κ2) is 6.04. The Labute approximate surface area is 136 Å². The van der Waals surface area contributed by atoms with Crippen LogP contribution < -0.4 is 5.32 Å². The van der Waals surface area contributed by atoms with Gasteiger partial charge in [-0.15, -0.1) is 0 Å². The van der Waals surface area contributed by atoms with Crippen LogP contribution in [-0.4, -0.2) is 0 Å². The zero-order chi connectivity index (χ0) is 13.1. The first-order valence-corrected chi connectivity index (χ1v) is 7.68. The molecule has 0 aliphatic heterocycles. The zero-order valence-electron chi connectivity index (χ0n) is 9.05. The normalized spacial score (nSPS) is 9.89. The number of anilines is 2. The van der Waals surface area contributed by atoms with E-state index in [1.807, 2.05) is 24.3 Å². The summed E-state index contributed by atoms with van der Waals surface area (Å²) in [4.78, 5) is 0. The molecule has 2 aromatic carbocycles. The Bertz CT molecular complexity index is 635. The van der Waals surface area contributed by atoms with Crippen LogP contribution >= 0.6 is 54.5 Å². The van der Waals surface area contributed by atoms with Gasteiger partial charge in [0.1, 0.15) is 0 Å². The number of nitrogens with one attached hydrogen (secondary N) is 1. The molecule has 0 radical (unpaired) electrons. The van der Waals surface area contributed by atoms with Gasteiger partial charge >= 0.3 is 0 Å². The molecule has 0 fully saturated rings. The largest absolute Gasteiger partial charge is 0.354 e. The molecule has 0 aliphatic rings. The van der Waals surface area contributed by atoms with Crippen molar-refractivity contribution in [3.05, 3.63) is 54.5 Å². The smallest absolute Gasteiger partial charge is 0.0992 e. The first kappa shape index (κ1) is 13.8. The van der Waals surface area contributed by atoms with Crippen LogP contribution in [0.2, 0.25) is 0 Å². The lowest BCUT2D eigenvalue weighted by Crippen LogP contribution is -1.94. The van der Waals surface area contributed by atoms with Gasteiger partial charge in [-0.3, -0.25) is 0 Å². The number of hydrogen-bond acceptors (Lipinski definition) is 2. The van der Waals surface area contributed by atoms with Crippen LogP contribution in [0.5, 0.6) is 0 Å². The Morgan fingerprint density at radius 3 is 2.50 bits per heavy atom. The molecule has 0 atom stereocenters. The van der Waals surface area contributed by atoms with E-state index in [9.17, 15) is 0 Å². The molecule has 90 valence electrons. The summed E-state index contributed by atoms with van der Waals surface area (Å²) in [7, 11) is 0. The first-order chi connectivity index (χ1) is 8.60. The van der Waals surface area contributed by atoms with E-state index in [1.165, 1.54) is 0 Å². The lowest BCUT2D eigenvalue weighted by molar-refractivity contribution is 1.45. The summed E-state index contributed by atoms with van der Waals surface area (Å²) in [5, 5.41) is 12.2. The van der Waals surface area contributed by atoms with E-state index in [1.54, 1.807) is 12.1 Å². The topological polar surface area (TPSA) is 35.8 Å². The molecule has 0 saturated carbocycles. The summed E-state index contributed by atoms with van der Waals surface area (Å²) in [6.45, 7) is 0. The maximum absolute atomic E-state index is 8.82. The Kier molecular flexibility index (Phi) is 4.65. The van der Waals surface area contributed by atoms with Crippen LogP contribution in [0.4, 0.5) is 11.4 Å². The summed E-state index contributed by atoms with van der Waals surface area (Å²) in [5.41, 5.74) is 2.59. The minimum absolute atomic E-state index is 0.636. The molecule has 0 aliphatic carbocycles. The molecular weight excluding hydrogens is 471 g/mol. The van der Waals surface area contributed by atoms with Crippen LogP contribution in [0.1, 0.15) is 5.56 Å². The molecule has 0 amide bonds. The molecule has 0 spiro atoms. The van der Waals surface area contributed by atoms with Crippen molar-refractivity contribution in [3.63, 3.8) is 0 Å². The highest BCUT2D eigenvalue weighted by Gasteiger charge is 2.05. The highest BCUT2D eigenvalue weighted by Crippen LogP contribution is 2.30. The third kappa shape index (κ3) is 3.25. The molecule has 2 rings (SSSR count). The fourth-order valence-corrected chi connectivity index (χ4v) is 2.73. The van der Waals surface area contributed by atoms with Crippen molar-refractivity contribution in [2.24, 2.45) is 0 Å². The highest BCUT2D eigenvalue weighted by atomic mass is 127. The summed E-state index contributed by atoms with van der Waals surface area (Å²) >= 11 is 9.19. The number of hydrogen-bond donors (Lipinski definition) is 1. The SMILES string of the molecule is N#Cc1ccc(Nc2cc(Br)ccc2I)c(Br)c1. The molecule has 5 heteroatoms.